The van der Waals surface area contributed by atoms with Gasteiger partial charge in [-0.15, -0.1) is 24.8 Å². The van der Waals surface area contributed by atoms with Crippen LogP contribution in [-0.4, -0.2) is 18.1 Å². The maximum Gasteiger partial charge on any atom is 0.0129 e. The van der Waals surface area contributed by atoms with Gasteiger partial charge in [-0.1, -0.05) is 0 Å². The lowest BCUT2D eigenvalue weighted by Crippen LogP contribution is -2.26. The third-order valence-electron chi connectivity index (χ3n) is 1.14. The van der Waals surface area contributed by atoms with E-state index < -0.39 is 0 Å². The molecule has 8 heavy (non-hydrogen) atoms. The molecule has 1 aliphatic heterocycles. The van der Waals surface area contributed by atoms with Gasteiger partial charge in [0.1, 0.15) is 0 Å². The van der Waals surface area contributed by atoms with E-state index in [1.165, 1.54) is 12.8 Å². The van der Waals surface area contributed by atoms with Crippen molar-refractivity contribution in [3.8, 4) is 0 Å². The fraction of sp³-hybridized carbons (Fsp3) is 1.00. The quantitative estimate of drug-likeness (QED) is 0.529. The summed E-state index contributed by atoms with van der Waals surface area (Å²) in [6, 6.07) is 0. The highest BCUT2D eigenvalue weighted by atomic mass is 35.5. The van der Waals surface area contributed by atoms with Crippen molar-refractivity contribution in [3.05, 3.63) is 0 Å². The van der Waals surface area contributed by atoms with Crippen LogP contribution in [0.5, 0.6) is 0 Å². The van der Waals surface area contributed by atoms with Crippen molar-refractivity contribution < 1.29 is 0 Å². The number of nitrogens with two attached hydrogens (primary N) is 1. The van der Waals surface area contributed by atoms with E-state index in [1.54, 1.807) is 0 Å². The van der Waals surface area contributed by atoms with Gasteiger partial charge in [-0.25, -0.2) is 5.01 Å². The predicted octanol–water partition coefficient (Wildman–Crippen LogP) is 0.800. The molecule has 1 saturated heterocycles. The van der Waals surface area contributed by atoms with Gasteiger partial charge in [0, 0.05) is 13.1 Å². The molecule has 0 aromatic rings. The van der Waals surface area contributed by atoms with Gasteiger partial charge in [-0.3, -0.25) is 5.84 Å². The van der Waals surface area contributed by atoms with E-state index in [-0.39, 0.29) is 24.8 Å². The predicted molar refractivity (Wildman–Crippen MR) is 39.5 cm³/mol. The van der Waals surface area contributed by atoms with E-state index in [1.807, 2.05) is 5.01 Å². The van der Waals surface area contributed by atoms with Crippen LogP contribution >= 0.6 is 24.8 Å². The first-order valence-corrected chi connectivity index (χ1v) is 2.39. The zero-order valence-corrected chi connectivity index (χ0v) is 6.30. The molecule has 0 saturated carbocycles. The van der Waals surface area contributed by atoms with Crippen LogP contribution in [0.3, 0.4) is 0 Å². The van der Waals surface area contributed by atoms with Gasteiger partial charge in [0.05, 0.1) is 0 Å². The molecule has 52 valence electrons. The number of hydrogen-bond acceptors (Lipinski definition) is 2. The molecule has 2 N–H and O–H groups in total. The zero-order chi connectivity index (χ0) is 4.41. The highest BCUT2D eigenvalue weighted by molar-refractivity contribution is 5.85. The number of rotatable bonds is 0. The zero-order valence-electron chi connectivity index (χ0n) is 4.67. The van der Waals surface area contributed by atoms with E-state index in [4.69, 9.17) is 5.84 Å². The van der Waals surface area contributed by atoms with Gasteiger partial charge in [0.2, 0.25) is 0 Å². The topological polar surface area (TPSA) is 29.3 Å². The summed E-state index contributed by atoms with van der Waals surface area (Å²) in [7, 11) is 0. The van der Waals surface area contributed by atoms with Gasteiger partial charge >= 0.3 is 0 Å². The van der Waals surface area contributed by atoms with Gasteiger partial charge in [-0.2, -0.15) is 0 Å². The smallest absolute Gasteiger partial charge is 0.0129 e. The summed E-state index contributed by atoms with van der Waals surface area (Å²) in [5.74, 6) is 5.37. The van der Waals surface area contributed by atoms with E-state index in [0.717, 1.165) is 13.1 Å². The molecule has 0 aromatic heterocycles. The minimum Gasteiger partial charge on any atom is -0.269 e. The average Bonchev–Trinajstić information content (AvgIpc) is 1.86. The lowest BCUT2D eigenvalue weighted by molar-refractivity contribution is 0.355. The molecule has 0 radical (unpaired) electrons. The Balaban J connectivity index is 0. The van der Waals surface area contributed by atoms with Crippen LogP contribution in [0.15, 0.2) is 0 Å². The maximum absolute atomic E-state index is 5.37. The minimum absolute atomic E-state index is 0. The van der Waals surface area contributed by atoms with Crippen LogP contribution in [0, 0.1) is 0 Å². The van der Waals surface area contributed by atoms with Crippen LogP contribution in [-0.2, 0) is 0 Å². The third-order valence-corrected chi connectivity index (χ3v) is 1.14. The van der Waals surface area contributed by atoms with Gasteiger partial charge < -0.3 is 0 Å². The van der Waals surface area contributed by atoms with Crippen LogP contribution in [0.1, 0.15) is 12.8 Å². The monoisotopic (exact) mass is 158 g/mol. The molecule has 0 aliphatic carbocycles. The summed E-state index contributed by atoms with van der Waals surface area (Å²) >= 11 is 0. The van der Waals surface area contributed by atoms with Crippen LogP contribution in [0.4, 0.5) is 0 Å². The third kappa shape index (κ3) is 3.50. The number of hydrogen-bond donors (Lipinski definition) is 1. The van der Waals surface area contributed by atoms with Crippen LogP contribution in [0.2, 0.25) is 0 Å². The molecule has 0 bridgehead atoms. The van der Waals surface area contributed by atoms with E-state index >= 15 is 0 Å². The largest absolute Gasteiger partial charge is 0.269 e. The lowest BCUT2D eigenvalue weighted by Gasteiger charge is -2.01. The van der Waals surface area contributed by atoms with Crippen molar-refractivity contribution in [1.82, 2.24) is 5.01 Å². The number of nitrogens with zero attached hydrogens (tertiary/aromatic N) is 1. The Kier molecular flexibility index (Phi) is 7.97. The van der Waals surface area contributed by atoms with Crippen LogP contribution < -0.4 is 5.84 Å². The van der Waals surface area contributed by atoms with E-state index in [9.17, 15) is 0 Å². The van der Waals surface area contributed by atoms with Crippen molar-refractivity contribution in [3.63, 3.8) is 0 Å². The normalized spacial score (nSPS) is 19.1. The minimum atomic E-state index is 0. The average molecular weight is 159 g/mol. The second-order valence-corrected chi connectivity index (χ2v) is 1.74. The molecule has 0 aromatic carbocycles. The van der Waals surface area contributed by atoms with Crippen molar-refractivity contribution in [2.75, 3.05) is 13.1 Å². The molecule has 0 spiro atoms. The molecule has 2 nitrogen and oxygen atoms in total. The molecular weight excluding hydrogens is 147 g/mol. The Morgan fingerprint density at radius 1 is 1.00 bits per heavy atom. The first-order chi connectivity index (χ1) is 2.89. The fourth-order valence-corrected chi connectivity index (χ4v) is 0.742. The van der Waals surface area contributed by atoms with Crippen molar-refractivity contribution >= 4 is 24.8 Å². The first-order valence-electron chi connectivity index (χ1n) is 2.39. The Morgan fingerprint density at radius 2 is 1.38 bits per heavy atom. The summed E-state index contributed by atoms with van der Waals surface area (Å²) in [4.78, 5) is 0. The molecular formula is C4H12Cl2N2. The second-order valence-electron chi connectivity index (χ2n) is 1.74. The molecule has 0 unspecified atom stereocenters. The molecule has 1 fully saturated rings. The first kappa shape index (κ1) is 11.3. The van der Waals surface area contributed by atoms with Gasteiger partial charge in [0.15, 0.2) is 0 Å². The summed E-state index contributed by atoms with van der Waals surface area (Å²) in [6.45, 7) is 2.19. The Labute approximate surface area is 62.2 Å². The summed E-state index contributed by atoms with van der Waals surface area (Å²) in [5, 5.41) is 1.86. The molecule has 4 heteroatoms. The van der Waals surface area contributed by atoms with Gasteiger partial charge in [-0.05, 0) is 12.8 Å². The van der Waals surface area contributed by atoms with E-state index in [0.29, 0.717) is 0 Å². The second kappa shape index (κ2) is 5.63. The Morgan fingerprint density at radius 3 is 1.50 bits per heavy atom. The molecule has 0 atom stereocenters. The van der Waals surface area contributed by atoms with Crippen molar-refractivity contribution in [2.45, 2.75) is 12.8 Å². The Hall–Kier alpha value is 0.500. The summed E-state index contributed by atoms with van der Waals surface area (Å²) in [5.41, 5.74) is 0. The molecule has 1 heterocycles. The molecule has 1 aliphatic rings. The standard InChI is InChI=1S/C4H10N2.2ClH/c5-6-3-1-2-4-6;;/h1-5H2;2*1H. The Bertz CT molecular complexity index is 45.3. The molecule has 1 rings (SSSR count). The summed E-state index contributed by atoms with van der Waals surface area (Å²) in [6.07, 6.45) is 2.58. The van der Waals surface area contributed by atoms with Gasteiger partial charge in [0.25, 0.3) is 0 Å². The maximum atomic E-state index is 5.37. The SMILES string of the molecule is Cl.Cl.NN1CCCC1. The van der Waals surface area contributed by atoms with Crippen LogP contribution in [0.25, 0.3) is 0 Å². The van der Waals surface area contributed by atoms with E-state index in [2.05, 4.69) is 0 Å². The van der Waals surface area contributed by atoms with Crippen molar-refractivity contribution in [2.24, 2.45) is 5.84 Å². The lowest BCUT2D eigenvalue weighted by atomic mass is 10.4. The van der Waals surface area contributed by atoms with Crippen molar-refractivity contribution in [1.29, 1.82) is 0 Å². The number of hydrazine groups is 1. The summed E-state index contributed by atoms with van der Waals surface area (Å²) < 4.78 is 0. The fourth-order valence-electron chi connectivity index (χ4n) is 0.742. The molecule has 0 amide bonds. The highest BCUT2D eigenvalue weighted by Crippen LogP contribution is 1.99. The highest BCUT2D eigenvalue weighted by Gasteiger charge is 2.03. The number of halogens is 2.